The fourth-order valence-corrected chi connectivity index (χ4v) is 1.36. The fourth-order valence-electron chi connectivity index (χ4n) is 1.36. The van der Waals surface area contributed by atoms with Gasteiger partial charge in [0.1, 0.15) is 12.1 Å². The molecule has 0 aromatic heterocycles. The van der Waals surface area contributed by atoms with E-state index in [0.717, 1.165) is 0 Å². The molecule has 0 amide bonds. The zero-order valence-corrected chi connectivity index (χ0v) is 9.17. The van der Waals surface area contributed by atoms with E-state index in [0.29, 0.717) is 5.56 Å². The highest BCUT2D eigenvalue weighted by Gasteiger charge is 2.16. The molecule has 0 fully saturated rings. The third-order valence-electron chi connectivity index (χ3n) is 2.25. The molecule has 0 bridgehead atoms. The number of phenols is 1. The van der Waals surface area contributed by atoms with Crippen molar-refractivity contribution in [3.05, 3.63) is 23.3 Å². The van der Waals surface area contributed by atoms with Gasteiger partial charge in [0.2, 0.25) is 0 Å². The Hall–Kier alpha value is -2.26. The van der Waals surface area contributed by atoms with Crippen molar-refractivity contribution in [3.63, 3.8) is 0 Å². The van der Waals surface area contributed by atoms with Crippen LogP contribution in [0.3, 0.4) is 0 Å². The molecule has 0 spiro atoms. The minimum absolute atomic E-state index is 0.0249. The number of aromatic hydroxyl groups is 1. The Balaban J connectivity index is 3.10. The number of nitriles is 1. The molecule has 1 aromatic rings. The standard InChI is InChI=1S/C11H12N2O4/c1-17-9-4-6(3-8(13)11(15)16)2-7(5-12)10(9)14/h2,4,8,14H,3,13H2,1H3,(H,15,16). The van der Waals surface area contributed by atoms with E-state index in [1.54, 1.807) is 6.07 Å². The molecule has 0 aliphatic rings. The van der Waals surface area contributed by atoms with E-state index in [9.17, 15) is 9.90 Å². The smallest absolute Gasteiger partial charge is 0.320 e. The number of rotatable bonds is 4. The van der Waals surface area contributed by atoms with Gasteiger partial charge in [0, 0.05) is 0 Å². The number of nitrogens with zero attached hydrogens (tertiary/aromatic N) is 1. The van der Waals surface area contributed by atoms with Crippen molar-refractivity contribution in [1.29, 1.82) is 5.26 Å². The van der Waals surface area contributed by atoms with Crippen LogP contribution in [-0.2, 0) is 11.2 Å². The number of hydrogen-bond acceptors (Lipinski definition) is 5. The molecule has 6 heteroatoms. The maximum atomic E-state index is 10.6. The summed E-state index contributed by atoms with van der Waals surface area (Å²) in [7, 11) is 1.34. The van der Waals surface area contributed by atoms with Gasteiger partial charge in [-0.1, -0.05) is 0 Å². The summed E-state index contributed by atoms with van der Waals surface area (Å²) in [5, 5.41) is 27.0. The first-order valence-electron chi connectivity index (χ1n) is 4.78. The number of carboxylic acid groups (broad SMARTS) is 1. The molecule has 0 aliphatic heterocycles. The monoisotopic (exact) mass is 236 g/mol. The molecule has 4 N–H and O–H groups in total. The average Bonchev–Trinajstić information content (AvgIpc) is 2.30. The van der Waals surface area contributed by atoms with E-state index in [1.165, 1.54) is 19.2 Å². The zero-order valence-electron chi connectivity index (χ0n) is 9.17. The lowest BCUT2D eigenvalue weighted by atomic mass is 10.0. The number of hydrogen-bond donors (Lipinski definition) is 3. The third-order valence-corrected chi connectivity index (χ3v) is 2.25. The Morgan fingerprint density at radius 2 is 2.29 bits per heavy atom. The maximum absolute atomic E-state index is 10.6. The number of ether oxygens (including phenoxy) is 1. The van der Waals surface area contributed by atoms with Crippen LogP contribution in [0.2, 0.25) is 0 Å². The molecular weight excluding hydrogens is 224 g/mol. The van der Waals surface area contributed by atoms with Crippen molar-refractivity contribution in [2.24, 2.45) is 5.73 Å². The lowest BCUT2D eigenvalue weighted by Crippen LogP contribution is -2.32. The Morgan fingerprint density at radius 1 is 1.65 bits per heavy atom. The van der Waals surface area contributed by atoms with Gasteiger partial charge in [0.05, 0.1) is 12.7 Å². The first-order chi connectivity index (χ1) is 7.99. The minimum atomic E-state index is -1.13. The van der Waals surface area contributed by atoms with Crippen molar-refractivity contribution in [2.75, 3.05) is 7.11 Å². The number of aliphatic carboxylic acids is 1. The molecule has 0 heterocycles. The zero-order chi connectivity index (χ0) is 13.0. The summed E-state index contributed by atoms with van der Waals surface area (Å²) in [5.74, 6) is -1.27. The molecule has 1 atom stereocenters. The molecule has 1 rings (SSSR count). The van der Waals surface area contributed by atoms with Crippen LogP contribution in [0.25, 0.3) is 0 Å². The SMILES string of the molecule is COc1cc(CC(N)C(=O)O)cc(C#N)c1O. The highest BCUT2D eigenvalue weighted by molar-refractivity contribution is 5.73. The maximum Gasteiger partial charge on any atom is 0.320 e. The number of benzene rings is 1. The van der Waals surface area contributed by atoms with Crippen molar-refractivity contribution in [2.45, 2.75) is 12.5 Å². The van der Waals surface area contributed by atoms with Crippen LogP contribution in [-0.4, -0.2) is 29.3 Å². The molecule has 90 valence electrons. The highest BCUT2D eigenvalue weighted by Crippen LogP contribution is 2.31. The first kappa shape index (κ1) is 12.8. The Bertz CT molecular complexity index is 479. The van der Waals surface area contributed by atoms with Crippen molar-refractivity contribution in [1.82, 2.24) is 0 Å². The van der Waals surface area contributed by atoms with E-state index in [-0.39, 0.29) is 23.5 Å². The molecular formula is C11H12N2O4. The van der Waals surface area contributed by atoms with Gasteiger partial charge in [-0.2, -0.15) is 5.26 Å². The van der Waals surface area contributed by atoms with Gasteiger partial charge in [-0.15, -0.1) is 0 Å². The van der Waals surface area contributed by atoms with Gasteiger partial charge in [-0.25, -0.2) is 0 Å². The van der Waals surface area contributed by atoms with Gasteiger partial charge < -0.3 is 20.7 Å². The molecule has 0 radical (unpaired) electrons. The van der Waals surface area contributed by atoms with Gasteiger partial charge in [-0.3, -0.25) is 4.79 Å². The summed E-state index contributed by atoms with van der Waals surface area (Å²) in [6, 6.07) is 3.58. The van der Waals surface area contributed by atoms with Crippen molar-refractivity contribution < 1.29 is 19.7 Å². The van der Waals surface area contributed by atoms with Gasteiger partial charge >= 0.3 is 5.97 Å². The van der Waals surface area contributed by atoms with Crippen LogP contribution in [0.1, 0.15) is 11.1 Å². The van der Waals surface area contributed by atoms with E-state index in [2.05, 4.69) is 0 Å². The average molecular weight is 236 g/mol. The molecule has 17 heavy (non-hydrogen) atoms. The molecule has 6 nitrogen and oxygen atoms in total. The minimum Gasteiger partial charge on any atom is -0.503 e. The largest absolute Gasteiger partial charge is 0.503 e. The van der Waals surface area contributed by atoms with E-state index >= 15 is 0 Å². The van der Waals surface area contributed by atoms with Gasteiger partial charge in [0.15, 0.2) is 11.5 Å². The van der Waals surface area contributed by atoms with E-state index in [4.69, 9.17) is 20.8 Å². The van der Waals surface area contributed by atoms with Crippen LogP contribution < -0.4 is 10.5 Å². The molecule has 1 unspecified atom stereocenters. The quantitative estimate of drug-likeness (QED) is 0.688. The normalized spacial score (nSPS) is 11.6. The summed E-state index contributed by atoms with van der Waals surface area (Å²) in [6.45, 7) is 0. The second kappa shape index (κ2) is 5.18. The summed E-state index contributed by atoms with van der Waals surface area (Å²) in [4.78, 5) is 10.6. The molecule has 0 aliphatic carbocycles. The molecule has 1 aromatic carbocycles. The topological polar surface area (TPSA) is 117 Å². The van der Waals surface area contributed by atoms with Crippen LogP contribution in [0.15, 0.2) is 12.1 Å². The van der Waals surface area contributed by atoms with E-state index in [1.807, 2.05) is 0 Å². The number of methoxy groups -OCH3 is 1. The van der Waals surface area contributed by atoms with Crippen molar-refractivity contribution >= 4 is 5.97 Å². The van der Waals surface area contributed by atoms with Crippen LogP contribution >= 0.6 is 0 Å². The lowest BCUT2D eigenvalue weighted by molar-refractivity contribution is -0.138. The lowest BCUT2D eigenvalue weighted by Gasteiger charge is -2.10. The van der Waals surface area contributed by atoms with Gasteiger partial charge in [-0.05, 0) is 24.1 Å². The summed E-state index contributed by atoms with van der Waals surface area (Å²) in [6.07, 6.45) is 0.0562. The summed E-state index contributed by atoms with van der Waals surface area (Å²) < 4.78 is 4.88. The predicted octanol–water partition coefficient (Wildman–Crippen LogP) is 0.227. The van der Waals surface area contributed by atoms with E-state index < -0.39 is 12.0 Å². The second-order valence-corrected chi connectivity index (χ2v) is 3.45. The Kier molecular flexibility index (Phi) is 3.91. The number of phenolic OH excluding ortho intramolecular Hbond substituents is 1. The summed E-state index contributed by atoms with van der Waals surface area (Å²) >= 11 is 0. The number of carboxylic acids is 1. The number of nitrogens with two attached hydrogens (primary N) is 1. The number of carbonyl (C=O) groups is 1. The Labute approximate surface area is 97.9 Å². The second-order valence-electron chi connectivity index (χ2n) is 3.45. The highest BCUT2D eigenvalue weighted by atomic mass is 16.5. The fraction of sp³-hybridized carbons (Fsp3) is 0.273. The molecule has 0 saturated heterocycles. The summed E-state index contributed by atoms with van der Waals surface area (Å²) in [5.41, 5.74) is 5.93. The van der Waals surface area contributed by atoms with Crippen molar-refractivity contribution in [3.8, 4) is 17.6 Å². The molecule has 0 saturated carbocycles. The Morgan fingerprint density at radius 3 is 2.76 bits per heavy atom. The first-order valence-corrected chi connectivity index (χ1v) is 4.78. The predicted molar refractivity (Wildman–Crippen MR) is 58.7 cm³/mol. The van der Waals surface area contributed by atoms with Gasteiger partial charge in [0.25, 0.3) is 0 Å². The van der Waals surface area contributed by atoms with Crippen LogP contribution in [0.4, 0.5) is 0 Å². The van der Waals surface area contributed by atoms with Crippen LogP contribution in [0, 0.1) is 11.3 Å². The van der Waals surface area contributed by atoms with Crippen LogP contribution in [0.5, 0.6) is 11.5 Å². The third kappa shape index (κ3) is 2.86.